The number of benzene rings is 1. The van der Waals surface area contributed by atoms with E-state index in [-0.39, 0.29) is 11.3 Å². The van der Waals surface area contributed by atoms with Gasteiger partial charge < -0.3 is 10.6 Å². The Balaban J connectivity index is 2.40. The van der Waals surface area contributed by atoms with Crippen LogP contribution in [0.1, 0.15) is 32.8 Å². The smallest absolute Gasteiger partial charge is 0.221 e. The molecule has 2 N–H and O–H groups in total. The zero-order chi connectivity index (χ0) is 13.4. The molecule has 1 rings (SSSR count). The van der Waals surface area contributed by atoms with Gasteiger partial charge in [0.25, 0.3) is 0 Å². The fourth-order valence-corrected chi connectivity index (χ4v) is 1.78. The predicted octanol–water partition coefficient (Wildman–Crippen LogP) is 2.08. The third kappa shape index (κ3) is 4.88. The standard InChI is InChI=1S/C15H24N2O/c1-4-16-11-10-14(18)17-12-15(2,3)13-8-6-5-7-9-13/h5-9,16H,4,10-12H2,1-3H3,(H,17,18). The Bertz CT molecular complexity index is 360. The zero-order valence-electron chi connectivity index (χ0n) is 11.6. The summed E-state index contributed by atoms with van der Waals surface area (Å²) < 4.78 is 0. The average Bonchev–Trinajstić information content (AvgIpc) is 2.38. The van der Waals surface area contributed by atoms with Crippen molar-refractivity contribution < 1.29 is 4.79 Å². The number of rotatable bonds is 7. The Morgan fingerprint density at radius 3 is 2.50 bits per heavy atom. The molecule has 1 amide bonds. The second kappa shape index (κ2) is 7.17. The second-order valence-electron chi connectivity index (χ2n) is 5.13. The summed E-state index contributed by atoms with van der Waals surface area (Å²) in [5.74, 6) is 0.111. The molecular weight excluding hydrogens is 224 g/mol. The molecular formula is C15H24N2O. The largest absolute Gasteiger partial charge is 0.355 e. The molecule has 0 fully saturated rings. The van der Waals surface area contributed by atoms with Crippen LogP contribution in [0.3, 0.4) is 0 Å². The molecule has 1 aromatic carbocycles. The van der Waals surface area contributed by atoms with Gasteiger partial charge in [0.1, 0.15) is 0 Å². The van der Waals surface area contributed by atoms with Crippen molar-refractivity contribution in [1.82, 2.24) is 10.6 Å². The van der Waals surface area contributed by atoms with Crippen LogP contribution in [0.5, 0.6) is 0 Å². The van der Waals surface area contributed by atoms with Crippen LogP contribution in [0.2, 0.25) is 0 Å². The van der Waals surface area contributed by atoms with Crippen LogP contribution in [-0.4, -0.2) is 25.5 Å². The summed E-state index contributed by atoms with van der Waals surface area (Å²) in [5, 5.41) is 6.15. The van der Waals surface area contributed by atoms with Crippen molar-refractivity contribution >= 4 is 5.91 Å². The Hall–Kier alpha value is -1.35. The first-order chi connectivity index (χ1) is 8.56. The topological polar surface area (TPSA) is 41.1 Å². The SMILES string of the molecule is CCNCCC(=O)NCC(C)(C)c1ccccc1. The van der Waals surface area contributed by atoms with Gasteiger partial charge in [0.05, 0.1) is 0 Å². The van der Waals surface area contributed by atoms with Gasteiger partial charge in [-0.15, -0.1) is 0 Å². The van der Waals surface area contributed by atoms with Crippen LogP contribution >= 0.6 is 0 Å². The molecule has 3 heteroatoms. The summed E-state index contributed by atoms with van der Waals surface area (Å²) in [7, 11) is 0. The molecule has 0 atom stereocenters. The van der Waals surface area contributed by atoms with Crippen molar-refractivity contribution in [3.05, 3.63) is 35.9 Å². The highest BCUT2D eigenvalue weighted by molar-refractivity contribution is 5.76. The molecule has 0 heterocycles. The predicted molar refractivity (Wildman–Crippen MR) is 75.6 cm³/mol. The second-order valence-corrected chi connectivity index (χ2v) is 5.13. The molecule has 0 radical (unpaired) electrons. The first-order valence-corrected chi connectivity index (χ1v) is 6.59. The summed E-state index contributed by atoms with van der Waals surface area (Å²) in [4.78, 5) is 11.6. The highest BCUT2D eigenvalue weighted by Crippen LogP contribution is 2.21. The molecule has 0 saturated heterocycles. The van der Waals surface area contributed by atoms with Crippen LogP contribution in [0, 0.1) is 0 Å². The maximum absolute atomic E-state index is 11.6. The molecule has 0 bridgehead atoms. The number of hydrogen-bond donors (Lipinski definition) is 2. The lowest BCUT2D eigenvalue weighted by molar-refractivity contribution is -0.121. The molecule has 0 aliphatic heterocycles. The van der Waals surface area contributed by atoms with E-state index in [1.165, 1.54) is 5.56 Å². The molecule has 1 aromatic rings. The minimum absolute atomic E-state index is 0.0326. The minimum atomic E-state index is -0.0326. The molecule has 0 unspecified atom stereocenters. The van der Waals surface area contributed by atoms with Crippen molar-refractivity contribution in [2.45, 2.75) is 32.6 Å². The van der Waals surface area contributed by atoms with Gasteiger partial charge >= 0.3 is 0 Å². The normalized spacial score (nSPS) is 11.3. The molecule has 18 heavy (non-hydrogen) atoms. The van der Waals surface area contributed by atoms with Crippen LogP contribution in [0.15, 0.2) is 30.3 Å². The van der Waals surface area contributed by atoms with Crippen LogP contribution < -0.4 is 10.6 Å². The molecule has 0 aliphatic carbocycles. The zero-order valence-corrected chi connectivity index (χ0v) is 11.6. The lowest BCUT2D eigenvalue weighted by Gasteiger charge is -2.25. The van der Waals surface area contributed by atoms with E-state index in [4.69, 9.17) is 0 Å². The van der Waals surface area contributed by atoms with Gasteiger partial charge in [-0.2, -0.15) is 0 Å². The number of hydrogen-bond acceptors (Lipinski definition) is 2. The quantitative estimate of drug-likeness (QED) is 0.725. The van der Waals surface area contributed by atoms with E-state index in [0.717, 1.165) is 13.1 Å². The monoisotopic (exact) mass is 248 g/mol. The molecule has 0 spiro atoms. The molecule has 100 valence electrons. The summed E-state index contributed by atoms with van der Waals surface area (Å²) in [6, 6.07) is 10.3. The van der Waals surface area contributed by atoms with Crippen molar-refractivity contribution in [3.63, 3.8) is 0 Å². The molecule has 3 nitrogen and oxygen atoms in total. The number of carbonyl (C=O) groups excluding carboxylic acids is 1. The molecule has 0 aromatic heterocycles. The third-order valence-electron chi connectivity index (χ3n) is 3.06. The minimum Gasteiger partial charge on any atom is -0.355 e. The van der Waals surface area contributed by atoms with E-state index in [1.54, 1.807) is 0 Å². The Morgan fingerprint density at radius 2 is 1.89 bits per heavy atom. The maximum atomic E-state index is 11.6. The van der Waals surface area contributed by atoms with Crippen LogP contribution in [0.25, 0.3) is 0 Å². The van der Waals surface area contributed by atoms with Gasteiger partial charge in [0.15, 0.2) is 0 Å². The number of carbonyl (C=O) groups is 1. The lowest BCUT2D eigenvalue weighted by atomic mass is 9.84. The van der Waals surface area contributed by atoms with Gasteiger partial charge in [0, 0.05) is 24.9 Å². The third-order valence-corrected chi connectivity index (χ3v) is 3.06. The van der Waals surface area contributed by atoms with Gasteiger partial charge in [0.2, 0.25) is 5.91 Å². The van der Waals surface area contributed by atoms with Crippen molar-refractivity contribution in [2.24, 2.45) is 0 Å². The first kappa shape index (κ1) is 14.7. The number of amides is 1. The Labute approximate surface area is 110 Å². The summed E-state index contributed by atoms with van der Waals surface area (Å²) in [5.41, 5.74) is 1.21. The van der Waals surface area contributed by atoms with Crippen molar-refractivity contribution in [2.75, 3.05) is 19.6 Å². The van der Waals surface area contributed by atoms with Gasteiger partial charge in [-0.1, -0.05) is 51.1 Å². The van der Waals surface area contributed by atoms with Crippen molar-refractivity contribution in [3.8, 4) is 0 Å². The molecule has 0 saturated carbocycles. The lowest BCUT2D eigenvalue weighted by Crippen LogP contribution is -2.37. The van der Waals surface area contributed by atoms with Gasteiger partial charge in [-0.05, 0) is 12.1 Å². The van der Waals surface area contributed by atoms with E-state index in [9.17, 15) is 4.79 Å². The highest BCUT2D eigenvalue weighted by atomic mass is 16.1. The van der Waals surface area contributed by atoms with E-state index in [2.05, 4.69) is 36.6 Å². The number of nitrogens with one attached hydrogen (secondary N) is 2. The highest BCUT2D eigenvalue weighted by Gasteiger charge is 2.20. The Kier molecular flexibility index (Phi) is 5.86. The van der Waals surface area contributed by atoms with E-state index in [1.807, 2.05) is 25.1 Å². The fourth-order valence-electron chi connectivity index (χ4n) is 1.78. The van der Waals surface area contributed by atoms with Crippen molar-refractivity contribution in [1.29, 1.82) is 0 Å². The van der Waals surface area contributed by atoms with E-state index in [0.29, 0.717) is 13.0 Å². The first-order valence-electron chi connectivity index (χ1n) is 6.59. The van der Waals surface area contributed by atoms with Crippen LogP contribution in [0.4, 0.5) is 0 Å². The summed E-state index contributed by atoms with van der Waals surface area (Å²) >= 11 is 0. The maximum Gasteiger partial charge on any atom is 0.221 e. The summed E-state index contributed by atoms with van der Waals surface area (Å²) in [6.07, 6.45) is 0.540. The molecule has 0 aliphatic rings. The van der Waals surface area contributed by atoms with Crippen LogP contribution in [-0.2, 0) is 10.2 Å². The Morgan fingerprint density at radius 1 is 1.22 bits per heavy atom. The fraction of sp³-hybridized carbons (Fsp3) is 0.533. The van der Waals surface area contributed by atoms with E-state index >= 15 is 0 Å². The average molecular weight is 248 g/mol. The van der Waals surface area contributed by atoms with E-state index < -0.39 is 0 Å². The van der Waals surface area contributed by atoms with Gasteiger partial charge in [-0.25, -0.2) is 0 Å². The van der Waals surface area contributed by atoms with Gasteiger partial charge in [-0.3, -0.25) is 4.79 Å². The summed E-state index contributed by atoms with van der Waals surface area (Å²) in [6.45, 7) is 8.65.